The van der Waals surface area contributed by atoms with Gasteiger partial charge in [-0.3, -0.25) is 0 Å². The highest BCUT2D eigenvalue weighted by atomic mass is 35.5. The first-order valence-electron chi connectivity index (χ1n) is 11.8. The van der Waals surface area contributed by atoms with Crippen LogP contribution >= 0.6 is 23.4 Å². The molecule has 0 saturated carbocycles. The molecule has 186 valence electrons. The number of aromatic nitrogens is 1. The molecule has 0 spiro atoms. The molecule has 1 aromatic heterocycles. The van der Waals surface area contributed by atoms with Gasteiger partial charge in [0.05, 0.1) is 19.4 Å². The number of halogens is 1. The predicted molar refractivity (Wildman–Crippen MR) is 144 cm³/mol. The van der Waals surface area contributed by atoms with Crippen LogP contribution in [0.3, 0.4) is 0 Å². The molecule has 0 N–H and O–H groups in total. The van der Waals surface area contributed by atoms with Crippen LogP contribution in [-0.4, -0.2) is 56.6 Å². The number of benzene rings is 3. The van der Waals surface area contributed by atoms with E-state index in [1.165, 1.54) is 4.90 Å². The fourth-order valence-corrected chi connectivity index (χ4v) is 5.03. The Morgan fingerprint density at radius 2 is 1.81 bits per heavy atom. The van der Waals surface area contributed by atoms with Gasteiger partial charge in [0.15, 0.2) is 5.58 Å². The van der Waals surface area contributed by atoms with Gasteiger partial charge < -0.3 is 23.6 Å². The molecule has 0 aliphatic carbocycles. The number of rotatable bonds is 11. The molecule has 0 unspecified atom stereocenters. The minimum atomic E-state index is 0.474. The van der Waals surface area contributed by atoms with E-state index in [9.17, 15) is 0 Å². The maximum Gasteiger partial charge on any atom is 0.170 e. The Morgan fingerprint density at radius 3 is 2.75 bits per heavy atom. The van der Waals surface area contributed by atoms with Crippen molar-refractivity contribution in [3.63, 3.8) is 0 Å². The van der Waals surface area contributed by atoms with Crippen LogP contribution in [-0.2, 0) is 9.47 Å². The Hall–Kier alpha value is -2.97. The summed E-state index contributed by atoms with van der Waals surface area (Å²) < 4.78 is 22.9. The lowest BCUT2D eigenvalue weighted by molar-refractivity contribution is 0.0812. The zero-order valence-corrected chi connectivity index (χ0v) is 21.6. The highest BCUT2D eigenvalue weighted by Gasteiger charge is 2.17. The van der Waals surface area contributed by atoms with Gasteiger partial charge in [0.25, 0.3) is 0 Å². The fourth-order valence-electron chi connectivity index (χ4n) is 3.83. The topological polar surface area (TPSA) is 57.0 Å². The monoisotopic (exact) mass is 522 g/mol. The summed E-state index contributed by atoms with van der Waals surface area (Å²) in [5, 5.41) is 5.43. The molecule has 0 radical (unpaired) electrons. The molecule has 2 heterocycles. The van der Waals surface area contributed by atoms with E-state index in [1.807, 2.05) is 36.4 Å². The molecule has 1 aliphatic heterocycles. The van der Waals surface area contributed by atoms with Gasteiger partial charge in [0.2, 0.25) is 0 Å². The van der Waals surface area contributed by atoms with Crippen molar-refractivity contribution in [1.82, 2.24) is 10.1 Å². The van der Waals surface area contributed by atoms with Gasteiger partial charge in [0.1, 0.15) is 24.7 Å². The minimum absolute atomic E-state index is 0.474. The van der Waals surface area contributed by atoms with Crippen LogP contribution < -0.4 is 4.74 Å². The van der Waals surface area contributed by atoms with Crippen LogP contribution in [0.4, 0.5) is 0 Å². The second-order valence-corrected chi connectivity index (χ2v) is 9.95. The Labute approximate surface area is 219 Å². The van der Waals surface area contributed by atoms with Crippen LogP contribution in [0.15, 0.2) is 81.2 Å². The minimum Gasteiger partial charge on any atom is -0.492 e. The molecule has 0 atom stereocenters. The SMILES string of the molecule is CN(CCOCCOc1ccc2cnoc2c1)CCOC1=Cc2ccccc2Sc2ccc(Cl)cc21. The van der Waals surface area contributed by atoms with Crippen molar-refractivity contribution in [2.24, 2.45) is 0 Å². The van der Waals surface area contributed by atoms with E-state index in [0.29, 0.717) is 37.0 Å². The quantitative estimate of drug-likeness (QED) is 0.209. The van der Waals surface area contributed by atoms with E-state index < -0.39 is 0 Å². The lowest BCUT2D eigenvalue weighted by atomic mass is 10.1. The third-order valence-electron chi connectivity index (χ3n) is 5.80. The third kappa shape index (κ3) is 6.23. The molecule has 3 aromatic carbocycles. The number of nitrogens with zero attached hydrogens (tertiary/aromatic N) is 2. The maximum atomic E-state index is 6.31. The average Bonchev–Trinajstić information content (AvgIpc) is 3.29. The van der Waals surface area contributed by atoms with E-state index in [1.54, 1.807) is 18.0 Å². The summed E-state index contributed by atoms with van der Waals surface area (Å²) in [6.45, 7) is 3.75. The molecule has 8 heteroatoms. The van der Waals surface area contributed by atoms with Gasteiger partial charge in [0, 0.05) is 44.9 Å². The van der Waals surface area contributed by atoms with E-state index in [2.05, 4.69) is 47.4 Å². The van der Waals surface area contributed by atoms with Crippen LogP contribution in [0, 0.1) is 0 Å². The van der Waals surface area contributed by atoms with Crippen molar-refractivity contribution in [2.75, 3.05) is 46.6 Å². The Kier molecular flexibility index (Phi) is 8.13. The summed E-state index contributed by atoms with van der Waals surface area (Å²) in [6.07, 6.45) is 3.79. The highest BCUT2D eigenvalue weighted by molar-refractivity contribution is 7.99. The molecule has 0 bridgehead atoms. The number of hydrogen-bond acceptors (Lipinski definition) is 7. The van der Waals surface area contributed by atoms with Gasteiger partial charge in [-0.15, -0.1) is 0 Å². The van der Waals surface area contributed by atoms with Gasteiger partial charge in [-0.2, -0.15) is 0 Å². The van der Waals surface area contributed by atoms with Crippen LogP contribution in [0.5, 0.6) is 5.75 Å². The summed E-state index contributed by atoms with van der Waals surface area (Å²) in [7, 11) is 2.06. The highest BCUT2D eigenvalue weighted by Crippen LogP contribution is 2.41. The molecule has 0 saturated heterocycles. The first kappa shape index (κ1) is 24.7. The van der Waals surface area contributed by atoms with Gasteiger partial charge in [-0.25, -0.2) is 0 Å². The van der Waals surface area contributed by atoms with Crippen LogP contribution in [0.2, 0.25) is 5.02 Å². The molecule has 4 aromatic rings. The lowest BCUT2D eigenvalue weighted by Gasteiger charge is -2.18. The maximum absolute atomic E-state index is 6.31. The molecule has 0 amide bonds. The van der Waals surface area contributed by atoms with E-state index in [-0.39, 0.29) is 0 Å². The fraction of sp³-hybridized carbons (Fsp3) is 0.250. The summed E-state index contributed by atoms with van der Waals surface area (Å²) in [5.41, 5.74) is 2.89. The smallest absolute Gasteiger partial charge is 0.170 e. The van der Waals surface area contributed by atoms with E-state index in [4.69, 9.17) is 30.3 Å². The van der Waals surface area contributed by atoms with Gasteiger partial charge in [-0.05, 0) is 55.1 Å². The molecule has 6 nitrogen and oxygen atoms in total. The summed E-state index contributed by atoms with van der Waals surface area (Å²) in [4.78, 5) is 4.54. The average molecular weight is 523 g/mol. The molecule has 0 fully saturated rings. The van der Waals surface area contributed by atoms with E-state index in [0.717, 1.165) is 46.0 Å². The molecule has 36 heavy (non-hydrogen) atoms. The molecular formula is C28H27ClN2O4S. The lowest BCUT2D eigenvalue weighted by Crippen LogP contribution is -2.27. The normalized spacial score (nSPS) is 12.7. The Bertz CT molecular complexity index is 1360. The third-order valence-corrected chi connectivity index (χ3v) is 7.21. The largest absolute Gasteiger partial charge is 0.492 e. The molecular weight excluding hydrogens is 496 g/mol. The number of fused-ring (bicyclic) bond motifs is 3. The van der Waals surface area contributed by atoms with Crippen molar-refractivity contribution in [3.8, 4) is 5.75 Å². The number of ether oxygens (including phenoxy) is 3. The summed E-state index contributed by atoms with van der Waals surface area (Å²) >= 11 is 8.04. The zero-order chi connectivity index (χ0) is 24.7. The second-order valence-electron chi connectivity index (χ2n) is 8.43. The number of likely N-dealkylation sites (N-methyl/N-ethyl adjacent to an activating group) is 1. The first-order valence-corrected chi connectivity index (χ1v) is 13.0. The van der Waals surface area contributed by atoms with Crippen LogP contribution in [0.25, 0.3) is 22.8 Å². The van der Waals surface area contributed by atoms with Gasteiger partial charge >= 0.3 is 0 Å². The summed E-state index contributed by atoms with van der Waals surface area (Å²) in [6, 6.07) is 20.0. The predicted octanol–water partition coefficient (Wildman–Crippen LogP) is 6.49. The van der Waals surface area contributed by atoms with Crippen molar-refractivity contribution < 1.29 is 18.7 Å². The van der Waals surface area contributed by atoms with Gasteiger partial charge in [-0.1, -0.05) is 46.7 Å². The van der Waals surface area contributed by atoms with Crippen molar-refractivity contribution in [1.29, 1.82) is 0 Å². The van der Waals surface area contributed by atoms with Crippen LogP contribution in [0.1, 0.15) is 11.1 Å². The molecule has 5 rings (SSSR count). The Morgan fingerprint density at radius 1 is 0.917 bits per heavy atom. The zero-order valence-electron chi connectivity index (χ0n) is 20.0. The second kappa shape index (κ2) is 11.8. The Balaban J connectivity index is 1.05. The molecule has 1 aliphatic rings. The standard InChI is InChI=1S/C28H27ClN2O4S/c1-31(10-12-32-14-15-33-23-8-6-21-19-30-35-25(21)18-23)11-13-34-26-16-20-4-2-3-5-27(20)36-28-9-7-22(29)17-24(26)28/h2-9,16-19H,10-15H2,1H3. The van der Waals surface area contributed by atoms with Crippen molar-refractivity contribution in [3.05, 3.63) is 83.0 Å². The van der Waals surface area contributed by atoms with Crippen molar-refractivity contribution >= 4 is 46.2 Å². The van der Waals surface area contributed by atoms with E-state index >= 15 is 0 Å². The first-order chi connectivity index (χ1) is 17.7. The number of hydrogen-bond donors (Lipinski definition) is 0. The summed E-state index contributed by atoms with van der Waals surface area (Å²) in [5.74, 6) is 1.59. The van der Waals surface area contributed by atoms with Crippen molar-refractivity contribution in [2.45, 2.75) is 9.79 Å².